The van der Waals surface area contributed by atoms with Crippen LogP contribution >= 0.6 is 0 Å². The first-order valence-corrected chi connectivity index (χ1v) is 11.3. The SMILES string of the molecule is C[C@]1(c2ccc3c(c2)OCCO3)NC(=O)N(CC(=O)N(Cc2ccccc2)Cc2ccco2)C1=O. The highest BCUT2D eigenvalue weighted by molar-refractivity contribution is 6.09. The number of urea groups is 1. The molecule has 2 aliphatic heterocycles. The number of imide groups is 1. The molecule has 1 aromatic heterocycles. The van der Waals surface area contributed by atoms with E-state index >= 15 is 0 Å². The van der Waals surface area contributed by atoms with Crippen LogP contribution < -0.4 is 14.8 Å². The minimum absolute atomic E-state index is 0.212. The van der Waals surface area contributed by atoms with Crippen molar-refractivity contribution in [2.24, 2.45) is 0 Å². The zero-order chi connectivity index (χ0) is 24.4. The fourth-order valence-corrected chi connectivity index (χ4v) is 4.25. The summed E-state index contributed by atoms with van der Waals surface area (Å²) in [7, 11) is 0. The predicted octanol–water partition coefficient (Wildman–Crippen LogP) is 3.05. The van der Waals surface area contributed by atoms with Crippen molar-refractivity contribution in [3.8, 4) is 11.5 Å². The van der Waals surface area contributed by atoms with E-state index in [1.54, 1.807) is 42.2 Å². The molecule has 4 amide bonds. The van der Waals surface area contributed by atoms with Gasteiger partial charge in [0.1, 0.15) is 31.1 Å². The van der Waals surface area contributed by atoms with Gasteiger partial charge in [0.05, 0.1) is 12.8 Å². The average Bonchev–Trinajstić information content (AvgIpc) is 3.46. The van der Waals surface area contributed by atoms with Gasteiger partial charge in [0.15, 0.2) is 11.5 Å². The van der Waals surface area contributed by atoms with Crippen molar-refractivity contribution in [2.45, 2.75) is 25.6 Å². The van der Waals surface area contributed by atoms with E-state index in [2.05, 4.69) is 5.32 Å². The van der Waals surface area contributed by atoms with Gasteiger partial charge in [-0.1, -0.05) is 36.4 Å². The lowest BCUT2D eigenvalue weighted by Crippen LogP contribution is -2.44. The molecule has 9 heteroatoms. The summed E-state index contributed by atoms with van der Waals surface area (Å²) < 4.78 is 16.6. The Morgan fingerprint density at radius 1 is 1.00 bits per heavy atom. The quantitative estimate of drug-likeness (QED) is 0.527. The summed E-state index contributed by atoms with van der Waals surface area (Å²) in [6.07, 6.45) is 1.54. The number of amides is 4. The maximum atomic E-state index is 13.4. The zero-order valence-electron chi connectivity index (χ0n) is 19.2. The molecule has 0 aliphatic carbocycles. The van der Waals surface area contributed by atoms with E-state index in [0.29, 0.717) is 42.6 Å². The van der Waals surface area contributed by atoms with E-state index in [0.717, 1.165) is 10.5 Å². The Balaban J connectivity index is 1.35. The van der Waals surface area contributed by atoms with Crippen LogP contribution in [0, 0.1) is 0 Å². The average molecular weight is 476 g/mol. The third kappa shape index (κ3) is 4.44. The molecule has 3 aromatic rings. The molecule has 0 saturated carbocycles. The maximum absolute atomic E-state index is 13.4. The van der Waals surface area contributed by atoms with E-state index in [9.17, 15) is 14.4 Å². The molecule has 180 valence electrons. The lowest BCUT2D eigenvalue weighted by molar-refractivity contribution is -0.139. The second-order valence-corrected chi connectivity index (χ2v) is 8.62. The Labute approximate surface area is 202 Å². The molecule has 0 bridgehead atoms. The van der Waals surface area contributed by atoms with E-state index in [4.69, 9.17) is 13.9 Å². The van der Waals surface area contributed by atoms with E-state index in [-0.39, 0.29) is 12.5 Å². The van der Waals surface area contributed by atoms with Crippen LogP contribution in [-0.2, 0) is 28.2 Å². The molecule has 1 N–H and O–H groups in total. The number of nitrogens with one attached hydrogen (secondary N) is 1. The fraction of sp³-hybridized carbons (Fsp3) is 0.269. The molecule has 2 aliphatic rings. The van der Waals surface area contributed by atoms with Crippen molar-refractivity contribution >= 4 is 17.8 Å². The third-order valence-corrected chi connectivity index (χ3v) is 6.18. The third-order valence-electron chi connectivity index (χ3n) is 6.18. The Morgan fingerprint density at radius 2 is 1.77 bits per heavy atom. The number of carbonyl (C=O) groups excluding carboxylic acids is 3. The second kappa shape index (κ2) is 9.17. The predicted molar refractivity (Wildman–Crippen MR) is 124 cm³/mol. The van der Waals surface area contributed by atoms with Crippen LogP contribution in [0.25, 0.3) is 0 Å². The Bertz CT molecular complexity index is 1240. The number of carbonyl (C=O) groups is 3. The first-order valence-electron chi connectivity index (χ1n) is 11.3. The molecular weight excluding hydrogens is 450 g/mol. The van der Waals surface area contributed by atoms with Gasteiger partial charge in [-0.3, -0.25) is 14.5 Å². The van der Waals surface area contributed by atoms with Crippen LogP contribution in [0.4, 0.5) is 4.79 Å². The van der Waals surface area contributed by atoms with Gasteiger partial charge in [-0.05, 0) is 42.3 Å². The van der Waals surface area contributed by atoms with E-state index < -0.39 is 24.0 Å². The summed E-state index contributed by atoms with van der Waals surface area (Å²) in [6, 6.07) is 17.5. The lowest BCUT2D eigenvalue weighted by Gasteiger charge is -2.26. The number of nitrogens with zero attached hydrogens (tertiary/aromatic N) is 2. The van der Waals surface area contributed by atoms with Crippen LogP contribution in [0.1, 0.15) is 23.8 Å². The summed E-state index contributed by atoms with van der Waals surface area (Å²) in [6.45, 7) is 2.60. The fourth-order valence-electron chi connectivity index (χ4n) is 4.25. The summed E-state index contributed by atoms with van der Waals surface area (Å²) in [5, 5.41) is 2.74. The monoisotopic (exact) mass is 475 g/mol. The Hall–Kier alpha value is -4.27. The molecule has 0 radical (unpaired) electrons. The molecule has 0 unspecified atom stereocenters. The largest absolute Gasteiger partial charge is 0.486 e. The van der Waals surface area contributed by atoms with E-state index in [1.165, 1.54) is 6.26 Å². The van der Waals surface area contributed by atoms with E-state index in [1.807, 2.05) is 30.3 Å². The van der Waals surface area contributed by atoms with Crippen molar-refractivity contribution in [3.63, 3.8) is 0 Å². The first-order chi connectivity index (χ1) is 16.9. The minimum Gasteiger partial charge on any atom is -0.486 e. The van der Waals surface area contributed by atoms with Crippen molar-refractivity contribution < 1.29 is 28.3 Å². The van der Waals surface area contributed by atoms with Crippen molar-refractivity contribution in [3.05, 3.63) is 83.8 Å². The van der Waals surface area contributed by atoms with Gasteiger partial charge in [0.2, 0.25) is 5.91 Å². The zero-order valence-corrected chi connectivity index (χ0v) is 19.2. The molecule has 3 heterocycles. The molecule has 0 spiro atoms. The van der Waals surface area contributed by atoms with Crippen LogP contribution in [0.2, 0.25) is 0 Å². The first kappa shape index (κ1) is 22.5. The summed E-state index contributed by atoms with van der Waals surface area (Å²) in [4.78, 5) is 42.1. The van der Waals surface area contributed by atoms with Gasteiger partial charge in [-0.15, -0.1) is 0 Å². The maximum Gasteiger partial charge on any atom is 0.325 e. The van der Waals surface area contributed by atoms with Crippen molar-refractivity contribution in [2.75, 3.05) is 19.8 Å². The number of hydrogen-bond donors (Lipinski definition) is 1. The molecular formula is C26H25N3O6. The number of furan rings is 1. The van der Waals surface area contributed by atoms with Crippen LogP contribution in [-0.4, -0.2) is 47.4 Å². The number of hydrogen-bond acceptors (Lipinski definition) is 6. The normalized spacial score (nSPS) is 18.9. The highest BCUT2D eigenvalue weighted by Gasteiger charge is 2.50. The molecule has 1 saturated heterocycles. The minimum atomic E-state index is -1.33. The summed E-state index contributed by atoms with van der Waals surface area (Å²) in [5.74, 6) is 0.818. The van der Waals surface area contributed by atoms with Crippen LogP contribution in [0.3, 0.4) is 0 Å². The van der Waals surface area contributed by atoms with Gasteiger partial charge in [-0.2, -0.15) is 0 Å². The summed E-state index contributed by atoms with van der Waals surface area (Å²) in [5.41, 5.74) is 0.135. The van der Waals surface area contributed by atoms with Gasteiger partial charge in [0.25, 0.3) is 5.91 Å². The standard InChI is InChI=1S/C26H25N3O6/c1-26(19-9-10-21-22(14-19)35-13-12-34-21)24(31)29(25(32)27-26)17-23(30)28(16-20-8-5-11-33-20)15-18-6-3-2-4-7-18/h2-11,14H,12-13,15-17H2,1H3,(H,27,32)/t26-/m1/s1. The summed E-state index contributed by atoms with van der Waals surface area (Å²) >= 11 is 0. The topological polar surface area (TPSA) is 101 Å². The van der Waals surface area contributed by atoms with Gasteiger partial charge in [-0.25, -0.2) is 4.79 Å². The van der Waals surface area contributed by atoms with Crippen LogP contribution in [0.5, 0.6) is 11.5 Å². The lowest BCUT2D eigenvalue weighted by atomic mass is 9.91. The molecule has 1 fully saturated rings. The Kier molecular flexibility index (Phi) is 5.90. The second-order valence-electron chi connectivity index (χ2n) is 8.62. The molecule has 35 heavy (non-hydrogen) atoms. The molecule has 2 aromatic carbocycles. The number of benzene rings is 2. The van der Waals surface area contributed by atoms with Crippen LogP contribution in [0.15, 0.2) is 71.3 Å². The van der Waals surface area contributed by atoms with Crippen molar-refractivity contribution in [1.29, 1.82) is 0 Å². The highest BCUT2D eigenvalue weighted by Crippen LogP contribution is 2.36. The smallest absolute Gasteiger partial charge is 0.325 e. The number of rotatable bonds is 7. The molecule has 5 rings (SSSR count). The molecule has 1 atom stereocenters. The van der Waals surface area contributed by atoms with Gasteiger partial charge in [0, 0.05) is 6.54 Å². The number of ether oxygens (including phenoxy) is 2. The highest BCUT2D eigenvalue weighted by atomic mass is 16.6. The van der Waals surface area contributed by atoms with Gasteiger partial charge < -0.3 is 24.1 Å². The molecule has 9 nitrogen and oxygen atoms in total. The van der Waals surface area contributed by atoms with Crippen molar-refractivity contribution in [1.82, 2.24) is 15.1 Å². The van der Waals surface area contributed by atoms with Gasteiger partial charge >= 0.3 is 6.03 Å². The Morgan fingerprint density at radius 3 is 2.51 bits per heavy atom. The number of fused-ring (bicyclic) bond motifs is 1.